The zero-order valence-corrected chi connectivity index (χ0v) is 75.8. The number of aryl methyl sites for hydroxylation is 2. The summed E-state index contributed by atoms with van der Waals surface area (Å²) in [5.74, 6) is 1.47. The Morgan fingerprint density at radius 1 is 0.560 bits per heavy atom. The monoisotopic (exact) mass is 1770 g/mol. The van der Waals surface area contributed by atoms with E-state index in [1.807, 2.05) is 56.3 Å². The van der Waals surface area contributed by atoms with E-state index in [1.165, 1.54) is 44.0 Å². The number of nitriles is 1. The van der Waals surface area contributed by atoms with E-state index < -0.39 is 58.2 Å². The fourth-order valence-corrected chi connectivity index (χ4v) is 12.5. The van der Waals surface area contributed by atoms with Crippen molar-refractivity contribution in [3.63, 3.8) is 0 Å². The van der Waals surface area contributed by atoms with E-state index in [0.717, 1.165) is 88.7 Å². The minimum Gasteiger partial charge on any atom is -0.494 e. The van der Waals surface area contributed by atoms with E-state index in [4.69, 9.17) is 102 Å². The molecule has 2 saturated heterocycles. The predicted octanol–water partition coefficient (Wildman–Crippen LogP) is 14.7. The third kappa shape index (κ3) is 32.9. The number of aromatic nitrogens is 6. The summed E-state index contributed by atoms with van der Waals surface area (Å²) >= 11 is 11.7. The number of ether oxygens (including phenoxy) is 11. The maximum atomic E-state index is 13.9. The second kappa shape index (κ2) is 59.3. The molecule has 0 spiro atoms. The molecule has 35 heteroatoms. The lowest BCUT2D eigenvalue weighted by Gasteiger charge is -2.21. The number of benzene rings is 4. The first-order valence-corrected chi connectivity index (χ1v) is 41.7. The lowest BCUT2D eigenvalue weighted by molar-refractivity contribution is -0.192. The summed E-state index contributed by atoms with van der Waals surface area (Å²) in [7, 11) is 12.3. The summed E-state index contributed by atoms with van der Waals surface area (Å²) in [6.07, 6.45) is 15.7. The van der Waals surface area contributed by atoms with E-state index in [-0.39, 0.29) is 37.5 Å². The highest BCUT2D eigenvalue weighted by Crippen LogP contribution is 2.39. The van der Waals surface area contributed by atoms with Crippen LogP contribution in [0.1, 0.15) is 194 Å². The van der Waals surface area contributed by atoms with Gasteiger partial charge in [0.05, 0.1) is 98.6 Å². The number of esters is 3. The van der Waals surface area contributed by atoms with Crippen molar-refractivity contribution in [2.45, 2.75) is 164 Å². The van der Waals surface area contributed by atoms with Crippen LogP contribution in [-0.2, 0) is 46.2 Å². The standard InChI is InChI=1S/C26H29ClN4O5.C19H24N2O6.C13H20N2O2.C9H11ClN2.C9H16O4.C8H11NO2.C5H9N.CO2/c1-4-5-9-21-29-24(32)22(26(34)31(21)23-19(35-2)7-6-8-20(23)36-3)25(33)30-13-12-16(15-30)18-11-10-17(27)14-28-18;1-5-7-11-14-20-17(22)15(19(24)27-6-2)18(23)21(14)16-12(25-3)9-8-10-13(16)26-4;1-4-5-9-12(14)15-13-10(16-2)7-6-8-11(13)17-3;10-8-1-2-9(12-6-8)7-3-4-11-5-7;1-4-7(8(10)12-5-2)9(11)13-6-3;1-10-6-4-3-5-7(11-2)8(6)9;1-2-3-4-5-6;2-1-3/h6-8,10-11,14,16,32H,4-5,9,12-13,15H2,1-3H3;8-10,22H,5-7,11H2,1-4H3;6-8H,4-5,9H2,1-3H3,(H2,14,15);1-2,6-7,11H,3-5H2;7H,4-6H2,1-3H3;3-5H,9H2,1-2H3;2-4H2,1H3;. The number of amidine groups is 1. The number of methoxy groups -OCH3 is 8. The minimum absolute atomic E-state index is 0.00156. The van der Waals surface area contributed by atoms with Crippen molar-refractivity contribution in [3.8, 4) is 75.2 Å². The van der Waals surface area contributed by atoms with Gasteiger partial charge in [-0.3, -0.25) is 43.1 Å². The van der Waals surface area contributed by atoms with Crippen LogP contribution in [0.4, 0.5) is 11.4 Å². The van der Waals surface area contributed by atoms with Crippen LogP contribution < -0.4 is 65.8 Å². The number of rotatable bonds is 32. The summed E-state index contributed by atoms with van der Waals surface area (Å²) in [5, 5.41) is 33.5. The number of unbranched alkanes of at least 4 members (excludes halogenated alkanes) is 5. The van der Waals surface area contributed by atoms with Crippen molar-refractivity contribution in [1.29, 1.82) is 5.26 Å². The Morgan fingerprint density at radius 2 is 0.960 bits per heavy atom. The number of nitrogens with one attached hydrogen (secondary N) is 1. The molecule has 0 radical (unpaired) electrons. The summed E-state index contributed by atoms with van der Waals surface area (Å²) in [6, 6.07) is 30.7. The van der Waals surface area contributed by atoms with Crippen molar-refractivity contribution >= 4 is 70.4 Å². The van der Waals surface area contributed by atoms with Gasteiger partial charge in [0.2, 0.25) is 11.8 Å². The Hall–Kier alpha value is -12.5. The van der Waals surface area contributed by atoms with Crippen LogP contribution in [0.5, 0.6) is 57.8 Å². The molecule has 680 valence electrons. The number of carbonyl (C=O) groups excluding carboxylic acids is 6. The normalized spacial score (nSPS) is 12.7. The summed E-state index contributed by atoms with van der Waals surface area (Å²) < 4.78 is 59.2. The van der Waals surface area contributed by atoms with Crippen LogP contribution in [0.3, 0.4) is 0 Å². The number of likely N-dealkylation sites (tertiary alicyclic amines) is 1. The van der Waals surface area contributed by atoms with Gasteiger partial charge in [-0.05, 0) is 145 Å². The summed E-state index contributed by atoms with van der Waals surface area (Å²) in [4.78, 5) is 114. The molecular weight excluding hydrogens is 1660 g/mol. The molecule has 0 aliphatic carbocycles. The number of hydrogen-bond acceptors (Lipinski definition) is 29. The number of nitrogens with two attached hydrogens (primary N) is 2. The van der Waals surface area contributed by atoms with Crippen LogP contribution >= 0.6 is 23.2 Å². The van der Waals surface area contributed by atoms with Gasteiger partial charge in [0, 0.05) is 80.9 Å². The highest BCUT2D eigenvalue weighted by atomic mass is 35.5. The number of nitrogens with zero attached hydrogens (tertiary/aromatic N) is 9. The first-order chi connectivity index (χ1) is 60.3. The van der Waals surface area contributed by atoms with E-state index in [0.29, 0.717) is 141 Å². The Kier molecular flexibility index (Phi) is 50.6. The predicted molar refractivity (Wildman–Crippen MR) is 476 cm³/mol. The molecule has 2 fully saturated rings. The second-order valence-electron chi connectivity index (χ2n) is 27.0. The molecule has 1 amide bonds. The van der Waals surface area contributed by atoms with Gasteiger partial charge < -0.3 is 84.0 Å². The van der Waals surface area contributed by atoms with E-state index >= 15 is 0 Å². The maximum absolute atomic E-state index is 13.9. The number of pyridine rings is 2. The summed E-state index contributed by atoms with van der Waals surface area (Å²) in [5.41, 5.74) is 13.0. The van der Waals surface area contributed by atoms with Gasteiger partial charge in [-0.25, -0.2) is 9.79 Å². The number of hydrogen-bond donors (Lipinski definition) is 5. The first kappa shape index (κ1) is 107. The number of halogens is 2. The molecule has 0 bridgehead atoms. The van der Waals surface area contributed by atoms with Crippen molar-refractivity contribution in [1.82, 2.24) is 39.3 Å². The van der Waals surface area contributed by atoms with Gasteiger partial charge in [-0.2, -0.15) is 24.8 Å². The number of nitrogen functional groups attached to an aromatic ring is 1. The van der Waals surface area contributed by atoms with Crippen LogP contribution in [0.15, 0.2) is 124 Å². The van der Waals surface area contributed by atoms with Crippen LogP contribution in [-0.4, -0.2) is 183 Å². The Morgan fingerprint density at radius 3 is 1.32 bits per heavy atom. The zero-order valence-electron chi connectivity index (χ0n) is 74.3. The summed E-state index contributed by atoms with van der Waals surface area (Å²) in [6.45, 7) is 18.6. The Labute approximate surface area is 740 Å². The van der Waals surface area contributed by atoms with Gasteiger partial charge in [0.25, 0.3) is 17.0 Å². The third-order valence-corrected chi connectivity index (χ3v) is 19.1. The molecule has 2 unspecified atom stereocenters. The van der Waals surface area contributed by atoms with E-state index in [2.05, 4.69) is 50.2 Å². The first-order valence-electron chi connectivity index (χ1n) is 41.0. The minimum atomic E-state index is -0.933. The second-order valence-corrected chi connectivity index (χ2v) is 27.9. The van der Waals surface area contributed by atoms with Crippen molar-refractivity contribution < 1.29 is 91.1 Å². The topological polar surface area (TPSA) is 443 Å². The molecule has 125 heavy (non-hydrogen) atoms. The molecule has 2 aliphatic heterocycles. The van der Waals surface area contributed by atoms with Gasteiger partial charge in [-0.15, -0.1) is 0 Å². The van der Waals surface area contributed by atoms with Gasteiger partial charge in [0.15, 0.2) is 17.0 Å². The molecule has 10 rings (SSSR count). The van der Waals surface area contributed by atoms with Gasteiger partial charge in [0.1, 0.15) is 80.4 Å². The molecular formula is C90H120Cl2N12O21. The molecule has 4 aromatic heterocycles. The van der Waals surface area contributed by atoms with Crippen molar-refractivity contribution in [2.24, 2.45) is 16.6 Å². The lowest BCUT2D eigenvalue weighted by atomic mass is 10.0. The molecule has 8 aromatic rings. The number of para-hydroxylation sites is 4. The van der Waals surface area contributed by atoms with Gasteiger partial charge in [-0.1, -0.05) is 108 Å². The Balaban J connectivity index is 0.000000400. The van der Waals surface area contributed by atoms with Crippen LogP contribution in [0.2, 0.25) is 10.0 Å². The quantitative estimate of drug-likeness (QED) is 0.00497. The molecule has 6 heterocycles. The number of amides is 1. The highest BCUT2D eigenvalue weighted by molar-refractivity contribution is 6.30. The molecule has 2 atom stereocenters. The largest absolute Gasteiger partial charge is 0.494 e. The lowest BCUT2D eigenvalue weighted by Crippen LogP contribution is -2.37. The number of anilines is 1. The molecule has 2 aliphatic rings. The highest BCUT2D eigenvalue weighted by Gasteiger charge is 2.35. The molecule has 0 saturated carbocycles. The molecule has 33 nitrogen and oxygen atoms in total. The average Bonchev–Trinajstić information content (AvgIpc) is 1.58. The average molecular weight is 1780 g/mol. The van der Waals surface area contributed by atoms with Crippen molar-refractivity contribution in [3.05, 3.63) is 174 Å². The number of aliphatic imine (C=N–C) groups is 1. The zero-order chi connectivity index (χ0) is 92.9. The van der Waals surface area contributed by atoms with Gasteiger partial charge >= 0.3 is 24.1 Å². The van der Waals surface area contributed by atoms with Crippen molar-refractivity contribution in [2.75, 3.05) is 109 Å². The van der Waals surface area contributed by atoms with Crippen LogP contribution in [0, 0.1) is 17.2 Å². The fraction of sp³-hybridized carbons (Fsp3) is 0.456. The Bertz CT molecular complexity index is 4770. The van der Waals surface area contributed by atoms with E-state index in [9.17, 15) is 39.0 Å². The van der Waals surface area contributed by atoms with Crippen LogP contribution in [0.25, 0.3) is 11.4 Å². The number of aromatic hydroxyl groups is 2. The smallest absolute Gasteiger partial charge is 0.373 e. The molecule has 4 aromatic carbocycles. The molecule has 7 N–H and O–H groups in total. The number of carbonyl (C=O) groups is 4. The maximum Gasteiger partial charge on any atom is 0.373 e. The fourth-order valence-electron chi connectivity index (χ4n) is 12.3. The SMILES string of the molecule is CCCCC#N.CCCCC(N)=Nc1c(OC)cccc1OC.CCCCc1nc(O)c(C(=O)N2CCC(c3ccc(Cl)cn3)C2)c(=O)n1-c1c(OC)cccc1OC.CCCCc1nc(O)c(C(=O)OCC)c(=O)n1-c1c(OC)cccc1OC.CCOC(=O)C(CC)C(=O)OCC.COc1cccc(OC)c1N.Clc1ccc(C2CCNC2)nc1.O=C=O. The van der Waals surface area contributed by atoms with E-state index in [1.54, 1.807) is 128 Å². The third-order valence-electron chi connectivity index (χ3n) is 18.7.